The summed E-state index contributed by atoms with van der Waals surface area (Å²) in [6.45, 7) is 4.52. The van der Waals surface area contributed by atoms with E-state index in [9.17, 15) is 4.79 Å². The maximum absolute atomic E-state index is 11.6. The van der Waals surface area contributed by atoms with Crippen LogP contribution in [0.15, 0.2) is 18.2 Å². The number of nitrogens with two attached hydrogens (primary N) is 1. The van der Waals surface area contributed by atoms with Crippen LogP contribution in [0.4, 0.5) is 5.69 Å². The van der Waals surface area contributed by atoms with Crippen LogP contribution in [0.25, 0.3) is 0 Å². The van der Waals surface area contributed by atoms with E-state index >= 15 is 0 Å². The number of nitrogens with one attached hydrogen (secondary N) is 1. The molecule has 5 heteroatoms. The van der Waals surface area contributed by atoms with Crippen LogP contribution < -0.4 is 15.8 Å². The summed E-state index contributed by atoms with van der Waals surface area (Å²) in [4.78, 5) is 11.6. The van der Waals surface area contributed by atoms with E-state index in [0.29, 0.717) is 24.7 Å². The zero-order chi connectivity index (χ0) is 13.5. The molecule has 0 unspecified atom stereocenters. The number of hydrogen-bond acceptors (Lipinski definition) is 4. The van der Waals surface area contributed by atoms with E-state index < -0.39 is 6.04 Å². The summed E-state index contributed by atoms with van der Waals surface area (Å²) in [6, 6.07) is 5.02. The molecule has 0 aliphatic carbocycles. The Morgan fingerprint density at radius 1 is 1.44 bits per heavy atom. The molecule has 0 heterocycles. The normalized spacial score (nSPS) is 12.0. The third kappa shape index (κ3) is 4.35. The van der Waals surface area contributed by atoms with Gasteiger partial charge in [0.1, 0.15) is 12.4 Å². The lowest BCUT2D eigenvalue weighted by Gasteiger charge is -2.14. The van der Waals surface area contributed by atoms with Crippen LogP contribution in [0, 0.1) is 6.92 Å². The minimum Gasteiger partial charge on any atom is -0.489 e. The monoisotopic (exact) mass is 252 g/mol. The molecular weight excluding hydrogens is 232 g/mol. The zero-order valence-electron chi connectivity index (χ0n) is 11.0. The van der Waals surface area contributed by atoms with Crippen molar-refractivity contribution in [2.24, 2.45) is 5.73 Å². The quantitative estimate of drug-likeness (QED) is 0.749. The minimum atomic E-state index is -0.557. The van der Waals surface area contributed by atoms with Crippen molar-refractivity contribution in [1.29, 1.82) is 0 Å². The molecule has 0 radical (unpaired) electrons. The van der Waals surface area contributed by atoms with E-state index in [-0.39, 0.29) is 5.91 Å². The molecule has 0 spiro atoms. The number of benzene rings is 1. The van der Waals surface area contributed by atoms with Crippen LogP contribution in [-0.4, -0.2) is 32.3 Å². The Labute approximate surface area is 107 Å². The summed E-state index contributed by atoms with van der Waals surface area (Å²) in [5.74, 6) is 0.386. The molecule has 0 saturated heterocycles. The molecule has 5 nitrogen and oxygen atoms in total. The first-order valence-corrected chi connectivity index (χ1v) is 5.83. The highest BCUT2D eigenvalue weighted by Gasteiger charge is 2.11. The number of amides is 1. The van der Waals surface area contributed by atoms with Gasteiger partial charge >= 0.3 is 0 Å². The third-order valence-electron chi connectivity index (χ3n) is 2.35. The summed E-state index contributed by atoms with van der Waals surface area (Å²) in [7, 11) is 1.61. The summed E-state index contributed by atoms with van der Waals surface area (Å²) in [5, 5.41) is 2.73. The average molecular weight is 252 g/mol. The molecular formula is C13H20N2O3. The van der Waals surface area contributed by atoms with Crippen molar-refractivity contribution in [2.75, 3.05) is 25.6 Å². The molecule has 0 saturated carbocycles. The molecule has 0 aromatic heterocycles. The van der Waals surface area contributed by atoms with Crippen LogP contribution in [0.5, 0.6) is 5.75 Å². The SMILES string of the molecule is COCCOc1cc(C)ccc1NC(=O)[C@H](C)N. The Balaban J connectivity index is 2.79. The predicted octanol–water partition coefficient (Wildman–Crippen LogP) is 1.31. The second-order valence-corrected chi connectivity index (χ2v) is 4.12. The Bertz CT molecular complexity index is 405. The van der Waals surface area contributed by atoms with Crippen molar-refractivity contribution in [1.82, 2.24) is 0 Å². The van der Waals surface area contributed by atoms with Gasteiger partial charge in [-0.3, -0.25) is 4.79 Å². The molecule has 100 valence electrons. The summed E-state index contributed by atoms with van der Waals surface area (Å²) < 4.78 is 10.5. The van der Waals surface area contributed by atoms with Gasteiger partial charge in [0.2, 0.25) is 5.91 Å². The number of rotatable bonds is 6. The van der Waals surface area contributed by atoms with Crippen LogP contribution >= 0.6 is 0 Å². The fourth-order valence-electron chi connectivity index (χ4n) is 1.33. The molecule has 3 N–H and O–H groups in total. The van der Waals surface area contributed by atoms with E-state index in [1.54, 1.807) is 20.1 Å². The van der Waals surface area contributed by atoms with Crippen molar-refractivity contribution in [3.63, 3.8) is 0 Å². The molecule has 1 aromatic carbocycles. The molecule has 0 aliphatic heterocycles. The van der Waals surface area contributed by atoms with Gasteiger partial charge in [-0.15, -0.1) is 0 Å². The summed E-state index contributed by atoms with van der Waals surface area (Å²) in [5.41, 5.74) is 7.19. The van der Waals surface area contributed by atoms with Gasteiger partial charge < -0.3 is 20.5 Å². The maximum Gasteiger partial charge on any atom is 0.241 e. The predicted molar refractivity (Wildman–Crippen MR) is 70.8 cm³/mol. The first-order valence-electron chi connectivity index (χ1n) is 5.83. The van der Waals surface area contributed by atoms with Gasteiger partial charge in [0, 0.05) is 7.11 Å². The van der Waals surface area contributed by atoms with Crippen molar-refractivity contribution >= 4 is 11.6 Å². The molecule has 1 rings (SSSR count). The van der Waals surface area contributed by atoms with Gasteiger partial charge in [-0.05, 0) is 31.5 Å². The van der Waals surface area contributed by atoms with Crippen LogP contribution in [0.3, 0.4) is 0 Å². The number of methoxy groups -OCH3 is 1. The van der Waals surface area contributed by atoms with Crippen LogP contribution in [0.1, 0.15) is 12.5 Å². The maximum atomic E-state index is 11.6. The summed E-state index contributed by atoms with van der Waals surface area (Å²) >= 11 is 0. The lowest BCUT2D eigenvalue weighted by Crippen LogP contribution is -2.32. The van der Waals surface area contributed by atoms with E-state index in [0.717, 1.165) is 5.56 Å². The fourth-order valence-corrected chi connectivity index (χ4v) is 1.33. The second kappa shape index (κ2) is 6.98. The molecule has 1 atom stereocenters. The van der Waals surface area contributed by atoms with Crippen molar-refractivity contribution in [3.05, 3.63) is 23.8 Å². The van der Waals surface area contributed by atoms with Crippen molar-refractivity contribution in [3.8, 4) is 5.75 Å². The number of hydrogen-bond donors (Lipinski definition) is 2. The van der Waals surface area contributed by atoms with Gasteiger partial charge in [0.05, 0.1) is 18.3 Å². The molecule has 0 bridgehead atoms. The lowest BCUT2D eigenvalue weighted by atomic mass is 10.2. The van der Waals surface area contributed by atoms with E-state index in [1.807, 2.05) is 19.1 Å². The first kappa shape index (κ1) is 14.5. The van der Waals surface area contributed by atoms with Crippen LogP contribution in [-0.2, 0) is 9.53 Å². The Hall–Kier alpha value is -1.59. The molecule has 18 heavy (non-hydrogen) atoms. The number of carbonyl (C=O) groups is 1. The van der Waals surface area contributed by atoms with Crippen LogP contribution in [0.2, 0.25) is 0 Å². The summed E-state index contributed by atoms with van der Waals surface area (Å²) in [6.07, 6.45) is 0. The van der Waals surface area contributed by atoms with Gasteiger partial charge in [-0.25, -0.2) is 0 Å². The molecule has 0 aliphatic rings. The Morgan fingerprint density at radius 3 is 2.78 bits per heavy atom. The molecule has 0 fully saturated rings. The van der Waals surface area contributed by atoms with Gasteiger partial charge in [-0.2, -0.15) is 0 Å². The molecule has 1 aromatic rings. The molecule has 1 amide bonds. The smallest absolute Gasteiger partial charge is 0.241 e. The fraction of sp³-hybridized carbons (Fsp3) is 0.462. The highest BCUT2D eigenvalue weighted by Crippen LogP contribution is 2.25. The standard InChI is InChI=1S/C13H20N2O3/c1-9-4-5-11(15-13(16)10(2)14)12(8-9)18-7-6-17-3/h4-5,8,10H,6-7,14H2,1-3H3,(H,15,16)/t10-/m0/s1. The average Bonchev–Trinajstić information content (AvgIpc) is 2.32. The van der Waals surface area contributed by atoms with E-state index in [1.165, 1.54) is 0 Å². The zero-order valence-corrected chi connectivity index (χ0v) is 11.0. The van der Waals surface area contributed by atoms with Gasteiger partial charge in [-0.1, -0.05) is 6.07 Å². The number of carbonyl (C=O) groups excluding carboxylic acids is 1. The Kier molecular flexibility index (Phi) is 5.61. The first-order chi connectivity index (χ1) is 8.54. The minimum absolute atomic E-state index is 0.240. The second-order valence-electron chi connectivity index (χ2n) is 4.12. The lowest BCUT2D eigenvalue weighted by molar-refractivity contribution is -0.117. The number of aryl methyl sites for hydroxylation is 1. The van der Waals surface area contributed by atoms with Gasteiger partial charge in [0.15, 0.2) is 0 Å². The number of ether oxygens (including phenoxy) is 2. The highest BCUT2D eigenvalue weighted by molar-refractivity contribution is 5.95. The topological polar surface area (TPSA) is 73.6 Å². The van der Waals surface area contributed by atoms with E-state index in [4.69, 9.17) is 15.2 Å². The van der Waals surface area contributed by atoms with E-state index in [2.05, 4.69) is 5.32 Å². The van der Waals surface area contributed by atoms with Crippen molar-refractivity contribution in [2.45, 2.75) is 19.9 Å². The highest BCUT2D eigenvalue weighted by atomic mass is 16.5. The third-order valence-corrected chi connectivity index (χ3v) is 2.35. The number of anilines is 1. The van der Waals surface area contributed by atoms with Crippen molar-refractivity contribution < 1.29 is 14.3 Å². The van der Waals surface area contributed by atoms with Gasteiger partial charge in [0.25, 0.3) is 0 Å². The Morgan fingerprint density at radius 2 is 2.17 bits per heavy atom. The largest absolute Gasteiger partial charge is 0.489 e.